The van der Waals surface area contributed by atoms with Gasteiger partial charge in [-0.2, -0.15) is 0 Å². The van der Waals surface area contributed by atoms with Crippen molar-refractivity contribution < 1.29 is 4.74 Å². The third-order valence-electron chi connectivity index (χ3n) is 2.96. The second-order valence-electron chi connectivity index (χ2n) is 4.11. The van der Waals surface area contributed by atoms with Gasteiger partial charge in [0.15, 0.2) is 0 Å². The van der Waals surface area contributed by atoms with Gasteiger partial charge in [-0.05, 0) is 30.3 Å². The van der Waals surface area contributed by atoms with Crippen LogP contribution in [0.5, 0.6) is 5.75 Å². The molecule has 4 nitrogen and oxygen atoms in total. The Labute approximate surface area is 118 Å². The summed E-state index contributed by atoms with van der Waals surface area (Å²) in [6.45, 7) is 0. The van der Waals surface area contributed by atoms with E-state index in [1.54, 1.807) is 7.11 Å². The van der Waals surface area contributed by atoms with Gasteiger partial charge >= 0.3 is 0 Å². The highest BCUT2D eigenvalue weighted by Gasteiger charge is 2.13. The first-order chi connectivity index (χ1) is 9.20. The maximum Gasteiger partial charge on any atom is 0.206 e. The van der Waals surface area contributed by atoms with Crippen LogP contribution in [0.25, 0.3) is 16.7 Å². The number of aromatic nitrogens is 2. The minimum Gasteiger partial charge on any atom is -0.494 e. The van der Waals surface area contributed by atoms with Crippen LogP contribution >= 0.6 is 15.9 Å². The van der Waals surface area contributed by atoms with Crippen molar-refractivity contribution in [3.05, 3.63) is 46.9 Å². The largest absolute Gasteiger partial charge is 0.494 e. The van der Waals surface area contributed by atoms with Gasteiger partial charge in [-0.25, -0.2) is 4.98 Å². The number of hydrogen-bond acceptors (Lipinski definition) is 3. The summed E-state index contributed by atoms with van der Waals surface area (Å²) in [5.74, 6) is 1.16. The third-order valence-corrected chi connectivity index (χ3v) is 3.45. The number of fused-ring (bicyclic) bond motifs is 1. The fourth-order valence-electron chi connectivity index (χ4n) is 2.14. The van der Waals surface area contributed by atoms with Crippen LogP contribution in [-0.4, -0.2) is 16.7 Å². The Balaban J connectivity index is 2.32. The molecule has 0 saturated heterocycles. The number of nitrogen functional groups attached to an aromatic ring is 1. The van der Waals surface area contributed by atoms with E-state index in [0.29, 0.717) is 5.95 Å². The number of anilines is 1. The highest BCUT2D eigenvalue weighted by atomic mass is 79.9. The SMILES string of the molecule is COc1cccc2c1nc(N)n2-c1cccc(Br)c1. The summed E-state index contributed by atoms with van der Waals surface area (Å²) in [4.78, 5) is 4.39. The summed E-state index contributed by atoms with van der Waals surface area (Å²) >= 11 is 3.47. The molecule has 0 radical (unpaired) electrons. The second-order valence-corrected chi connectivity index (χ2v) is 5.03. The maximum absolute atomic E-state index is 6.04. The standard InChI is InChI=1S/C14H12BrN3O/c1-19-12-7-3-6-11-13(12)17-14(16)18(11)10-5-2-4-9(15)8-10/h2-8H,1H3,(H2,16,17). The minimum absolute atomic E-state index is 0.442. The van der Waals surface area contributed by atoms with Crippen molar-refractivity contribution in [2.45, 2.75) is 0 Å². The van der Waals surface area contributed by atoms with Gasteiger partial charge in [-0.3, -0.25) is 4.57 Å². The number of ether oxygens (including phenoxy) is 1. The smallest absolute Gasteiger partial charge is 0.206 e. The number of para-hydroxylation sites is 1. The summed E-state index contributed by atoms with van der Waals surface area (Å²) in [5.41, 5.74) is 8.69. The molecule has 1 heterocycles. The molecule has 19 heavy (non-hydrogen) atoms. The zero-order chi connectivity index (χ0) is 13.4. The Morgan fingerprint density at radius 1 is 1.21 bits per heavy atom. The van der Waals surface area contributed by atoms with Gasteiger partial charge in [-0.1, -0.05) is 28.1 Å². The fraction of sp³-hybridized carbons (Fsp3) is 0.0714. The Bertz CT molecular complexity index is 752. The van der Waals surface area contributed by atoms with Gasteiger partial charge in [0.1, 0.15) is 11.3 Å². The number of benzene rings is 2. The van der Waals surface area contributed by atoms with E-state index in [-0.39, 0.29) is 0 Å². The molecule has 2 aromatic carbocycles. The van der Waals surface area contributed by atoms with Crippen molar-refractivity contribution in [1.29, 1.82) is 0 Å². The fourth-order valence-corrected chi connectivity index (χ4v) is 2.53. The van der Waals surface area contributed by atoms with Crippen molar-refractivity contribution >= 4 is 32.9 Å². The van der Waals surface area contributed by atoms with Gasteiger partial charge in [0.05, 0.1) is 18.3 Å². The predicted molar refractivity (Wildman–Crippen MR) is 79.7 cm³/mol. The number of imidazole rings is 1. The van der Waals surface area contributed by atoms with Gasteiger partial charge in [0, 0.05) is 4.47 Å². The quantitative estimate of drug-likeness (QED) is 0.788. The molecule has 0 aliphatic carbocycles. The van der Waals surface area contributed by atoms with Gasteiger partial charge in [0.2, 0.25) is 5.95 Å². The highest BCUT2D eigenvalue weighted by molar-refractivity contribution is 9.10. The van der Waals surface area contributed by atoms with E-state index >= 15 is 0 Å². The molecule has 0 bridgehead atoms. The molecule has 0 spiro atoms. The molecule has 0 saturated carbocycles. The molecule has 96 valence electrons. The van der Waals surface area contributed by atoms with Crippen molar-refractivity contribution in [2.75, 3.05) is 12.8 Å². The molecule has 0 aliphatic heterocycles. The minimum atomic E-state index is 0.442. The van der Waals surface area contributed by atoms with Crippen LogP contribution in [0.2, 0.25) is 0 Å². The maximum atomic E-state index is 6.04. The molecule has 0 unspecified atom stereocenters. The van der Waals surface area contributed by atoms with Crippen LogP contribution in [0, 0.1) is 0 Å². The molecule has 3 rings (SSSR count). The third kappa shape index (κ3) is 1.96. The van der Waals surface area contributed by atoms with Crippen molar-refractivity contribution in [3.8, 4) is 11.4 Å². The molecule has 0 atom stereocenters. The number of nitrogens with zero attached hydrogens (tertiary/aromatic N) is 2. The Morgan fingerprint density at radius 3 is 2.74 bits per heavy atom. The van der Waals surface area contributed by atoms with Crippen molar-refractivity contribution in [2.24, 2.45) is 0 Å². The molecule has 0 amide bonds. The Hall–Kier alpha value is -2.01. The van der Waals surface area contributed by atoms with Crippen LogP contribution in [-0.2, 0) is 0 Å². The average molecular weight is 318 g/mol. The summed E-state index contributed by atoms with van der Waals surface area (Å²) in [6, 6.07) is 13.7. The van der Waals surface area contributed by atoms with E-state index in [0.717, 1.165) is 26.9 Å². The zero-order valence-corrected chi connectivity index (χ0v) is 11.9. The average Bonchev–Trinajstić information content (AvgIpc) is 2.74. The van der Waals surface area contributed by atoms with Crippen LogP contribution in [0.4, 0.5) is 5.95 Å². The lowest BCUT2D eigenvalue weighted by atomic mass is 10.2. The van der Waals surface area contributed by atoms with Gasteiger partial charge in [-0.15, -0.1) is 0 Å². The molecule has 0 fully saturated rings. The predicted octanol–water partition coefficient (Wildman–Crippen LogP) is 3.38. The normalized spacial score (nSPS) is 10.8. The molecular weight excluding hydrogens is 306 g/mol. The summed E-state index contributed by atoms with van der Waals surface area (Å²) in [5, 5.41) is 0. The summed E-state index contributed by atoms with van der Waals surface area (Å²) in [6.07, 6.45) is 0. The van der Waals surface area contributed by atoms with E-state index in [1.165, 1.54) is 0 Å². The molecular formula is C14H12BrN3O. The topological polar surface area (TPSA) is 53.1 Å². The lowest BCUT2D eigenvalue weighted by Crippen LogP contribution is -2.00. The number of nitrogens with two attached hydrogens (primary N) is 1. The van der Waals surface area contributed by atoms with E-state index in [1.807, 2.05) is 47.0 Å². The van der Waals surface area contributed by atoms with Crippen LogP contribution in [0.15, 0.2) is 46.9 Å². The molecule has 3 aromatic rings. The molecule has 1 aromatic heterocycles. The molecule has 0 aliphatic rings. The first-order valence-electron chi connectivity index (χ1n) is 5.77. The van der Waals surface area contributed by atoms with Crippen LogP contribution in [0.3, 0.4) is 0 Å². The number of methoxy groups -OCH3 is 1. The zero-order valence-electron chi connectivity index (χ0n) is 10.3. The van der Waals surface area contributed by atoms with E-state index in [9.17, 15) is 0 Å². The van der Waals surface area contributed by atoms with E-state index < -0.39 is 0 Å². The monoisotopic (exact) mass is 317 g/mol. The van der Waals surface area contributed by atoms with E-state index in [2.05, 4.69) is 20.9 Å². The molecule has 5 heteroatoms. The lowest BCUT2D eigenvalue weighted by Gasteiger charge is -2.07. The highest BCUT2D eigenvalue weighted by Crippen LogP contribution is 2.30. The van der Waals surface area contributed by atoms with E-state index in [4.69, 9.17) is 10.5 Å². The Morgan fingerprint density at radius 2 is 2.00 bits per heavy atom. The second kappa shape index (κ2) is 4.59. The Kier molecular flexibility index (Phi) is 2.91. The van der Waals surface area contributed by atoms with Crippen LogP contribution < -0.4 is 10.5 Å². The number of hydrogen-bond donors (Lipinski definition) is 1. The summed E-state index contributed by atoms with van der Waals surface area (Å²) in [7, 11) is 1.63. The number of rotatable bonds is 2. The van der Waals surface area contributed by atoms with Gasteiger partial charge < -0.3 is 10.5 Å². The van der Waals surface area contributed by atoms with Crippen LogP contribution in [0.1, 0.15) is 0 Å². The first-order valence-corrected chi connectivity index (χ1v) is 6.57. The summed E-state index contributed by atoms with van der Waals surface area (Å²) < 4.78 is 8.21. The van der Waals surface area contributed by atoms with Crippen molar-refractivity contribution in [1.82, 2.24) is 9.55 Å². The first kappa shape index (κ1) is 12.0. The van der Waals surface area contributed by atoms with Crippen molar-refractivity contribution in [3.63, 3.8) is 0 Å². The van der Waals surface area contributed by atoms with Gasteiger partial charge in [0.25, 0.3) is 0 Å². The number of halogens is 1. The molecule has 2 N–H and O–H groups in total. The lowest BCUT2D eigenvalue weighted by molar-refractivity contribution is 0.419.